The summed E-state index contributed by atoms with van der Waals surface area (Å²) >= 11 is 0. The monoisotopic (exact) mass is 330 g/mol. The van der Waals surface area contributed by atoms with Crippen molar-refractivity contribution >= 4 is 29.3 Å². The second-order valence-electron chi connectivity index (χ2n) is 5.13. The van der Waals surface area contributed by atoms with E-state index in [1.807, 2.05) is 0 Å². The number of likely N-dealkylation sites (N-methyl/N-ethyl adjacent to an activating group) is 1. The van der Waals surface area contributed by atoms with Crippen molar-refractivity contribution in [3.05, 3.63) is 65.7 Å². The zero-order chi connectivity index (χ0) is 17.7. The number of hydrogen-bond acceptors (Lipinski definition) is 2. The van der Waals surface area contributed by atoms with Gasteiger partial charge in [-0.2, -0.15) is 0 Å². The zero-order valence-corrected chi connectivity index (χ0v) is 13.2. The van der Waals surface area contributed by atoms with Gasteiger partial charge in [-0.15, -0.1) is 0 Å². The van der Waals surface area contributed by atoms with Gasteiger partial charge in [0.05, 0.1) is 0 Å². The van der Waals surface area contributed by atoms with E-state index in [2.05, 4.69) is 5.32 Å². The summed E-state index contributed by atoms with van der Waals surface area (Å²) in [6.45, 7) is 1.42. The minimum absolute atomic E-state index is 0.165. The number of nitrogens with one attached hydrogen (secondary N) is 1. The molecule has 0 aliphatic heterocycles. The van der Waals surface area contributed by atoms with E-state index in [4.69, 9.17) is 0 Å². The van der Waals surface area contributed by atoms with Gasteiger partial charge in [-0.25, -0.2) is 8.78 Å². The number of rotatable bonds is 4. The van der Waals surface area contributed by atoms with Gasteiger partial charge < -0.3 is 10.2 Å². The third-order valence-electron chi connectivity index (χ3n) is 3.27. The standard InChI is InChI=1S/C18H16F2N2O2/c1-12(23)21-14-6-3-13(4-7-14)5-10-18(24)22(2)15-8-9-16(19)17(20)11-15/h3-11H,1-2H3,(H,21,23). The van der Waals surface area contributed by atoms with Crippen LogP contribution in [0.1, 0.15) is 12.5 Å². The Morgan fingerprint density at radius 1 is 1.04 bits per heavy atom. The molecule has 2 aromatic carbocycles. The Labute approximate surface area is 138 Å². The van der Waals surface area contributed by atoms with Gasteiger partial charge >= 0.3 is 0 Å². The Morgan fingerprint density at radius 2 is 1.71 bits per heavy atom. The number of carbonyl (C=O) groups excluding carboxylic acids is 2. The molecule has 6 heteroatoms. The fourth-order valence-corrected chi connectivity index (χ4v) is 1.98. The normalized spacial score (nSPS) is 10.7. The second-order valence-corrected chi connectivity index (χ2v) is 5.13. The van der Waals surface area contributed by atoms with Gasteiger partial charge in [0.25, 0.3) is 5.91 Å². The lowest BCUT2D eigenvalue weighted by Crippen LogP contribution is -2.24. The molecule has 0 bridgehead atoms. The molecule has 0 unspecified atom stereocenters. The average molecular weight is 330 g/mol. The summed E-state index contributed by atoms with van der Waals surface area (Å²) < 4.78 is 26.1. The van der Waals surface area contributed by atoms with E-state index in [1.165, 1.54) is 31.0 Å². The highest BCUT2D eigenvalue weighted by atomic mass is 19.2. The first-order valence-corrected chi connectivity index (χ1v) is 7.15. The Bertz CT molecular complexity index is 786. The average Bonchev–Trinajstić information content (AvgIpc) is 2.55. The van der Waals surface area contributed by atoms with Crippen LogP contribution in [-0.2, 0) is 9.59 Å². The van der Waals surface area contributed by atoms with E-state index in [9.17, 15) is 18.4 Å². The molecule has 0 aromatic heterocycles. The van der Waals surface area contributed by atoms with Crippen molar-refractivity contribution in [3.63, 3.8) is 0 Å². The summed E-state index contributed by atoms with van der Waals surface area (Å²) in [5.74, 6) is -2.52. The van der Waals surface area contributed by atoms with Crippen molar-refractivity contribution in [1.29, 1.82) is 0 Å². The van der Waals surface area contributed by atoms with Crippen LogP contribution in [0.5, 0.6) is 0 Å². The summed E-state index contributed by atoms with van der Waals surface area (Å²) in [6, 6.07) is 10.2. The predicted molar refractivity (Wildman–Crippen MR) is 89.5 cm³/mol. The van der Waals surface area contributed by atoms with E-state index >= 15 is 0 Å². The molecule has 2 aromatic rings. The third kappa shape index (κ3) is 4.49. The molecule has 0 spiro atoms. The molecular weight excluding hydrogens is 314 g/mol. The Balaban J connectivity index is 2.06. The van der Waals surface area contributed by atoms with Gasteiger partial charge in [-0.05, 0) is 35.9 Å². The molecule has 0 atom stereocenters. The molecule has 0 aliphatic carbocycles. The summed E-state index contributed by atoms with van der Waals surface area (Å²) in [6.07, 6.45) is 2.92. The summed E-state index contributed by atoms with van der Waals surface area (Å²) in [5.41, 5.74) is 1.67. The molecule has 24 heavy (non-hydrogen) atoms. The molecule has 0 aliphatic rings. The van der Waals surface area contributed by atoms with E-state index < -0.39 is 11.6 Å². The number of carbonyl (C=O) groups is 2. The number of halogens is 2. The van der Waals surface area contributed by atoms with E-state index in [1.54, 1.807) is 30.3 Å². The number of benzene rings is 2. The lowest BCUT2D eigenvalue weighted by atomic mass is 10.2. The first kappa shape index (κ1) is 17.3. The molecule has 0 radical (unpaired) electrons. The van der Waals surface area contributed by atoms with Crippen LogP contribution in [0.4, 0.5) is 20.2 Å². The minimum atomic E-state index is -1.01. The van der Waals surface area contributed by atoms with Gasteiger partial charge in [0.2, 0.25) is 5.91 Å². The van der Waals surface area contributed by atoms with Crippen LogP contribution in [0.3, 0.4) is 0 Å². The van der Waals surface area contributed by atoms with Crippen LogP contribution < -0.4 is 10.2 Å². The van der Waals surface area contributed by atoms with Gasteiger partial charge in [0.15, 0.2) is 11.6 Å². The van der Waals surface area contributed by atoms with E-state index in [0.29, 0.717) is 5.69 Å². The zero-order valence-electron chi connectivity index (χ0n) is 13.2. The fraction of sp³-hybridized carbons (Fsp3) is 0.111. The summed E-state index contributed by atoms with van der Waals surface area (Å²) in [7, 11) is 1.47. The first-order valence-electron chi connectivity index (χ1n) is 7.15. The maximum absolute atomic E-state index is 13.2. The topological polar surface area (TPSA) is 49.4 Å². The SMILES string of the molecule is CC(=O)Nc1ccc(C=CC(=O)N(C)c2ccc(F)c(F)c2)cc1. The maximum atomic E-state index is 13.2. The van der Waals surface area contributed by atoms with Crippen molar-refractivity contribution in [2.75, 3.05) is 17.3 Å². The van der Waals surface area contributed by atoms with E-state index in [0.717, 1.165) is 17.7 Å². The highest BCUT2D eigenvalue weighted by Crippen LogP contribution is 2.17. The Morgan fingerprint density at radius 3 is 2.29 bits per heavy atom. The highest BCUT2D eigenvalue weighted by Gasteiger charge is 2.10. The van der Waals surface area contributed by atoms with Crippen LogP contribution in [0.2, 0.25) is 0 Å². The molecule has 124 valence electrons. The first-order chi connectivity index (χ1) is 11.4. The largest absolute Gasteiger partial charge is 0.326 e. The quantitative estimate of drug-likeness (QED) is 0.871. The van der Waals surface area contributed by atoms with Crippen molar-refractivity contribution in [2.24, 2.45) is 0 Å². The molecule has 1 N–H and O–H groups in total. The highest BCUT2D eigenvalue weighted by molar-refractivity contribution is 6.03. The van der Waals surface area contributed by atoms with Gasteiger partial charge in [0, 0.05) is 37.5 Å². The van der Waals surface area contributed by atoms with Crippen LogP contribution in [0.25, 0.3) is 6.08 Å². The van der Waals surface area contributed by atoms with Crippen molar-refractivity contribution < 1.29 is 18.4 Å². The maximum Gasteiger partial charge on any atom is 0.250 e. The summed E-state index contributed by atoms with van der Waals surface area (Å²) in [4.78, 5) is 24.2. The second kappa shape index (κ2) is 7.50. The van der Waals surface area contributed by atoms with Crippen molar-refractivity contribution in [1.82, 2.24) is 0 Å². The minimum Gasteiger partial charge on any atom is -0.326 e. The molecule has 0 heterocycles. The van der Waals surface area contributed by atoms with Gasteiger partial charge in [-0.1, -0.05) is 12.1 Å². The van der Waals surface area contributed by atoms with Crippen molar-refractivity contribution in [3.8, 4) is 0 Å². The number of nitrogens with zero attached hydrogens (tertiary/aromatic N) is 1. The molecule has 0 saturated heterocycles. The van der Waals surface area contributed by atoms with E-state index in [-0.39, 0.29) is 17.5 Å². The molecule has 0 saturated carbocycles. The third-order valence-corrected chi connectivity index (χ3v) is 3.27. The lowest BCUT2D eigenvalue weighted by Gasteiger charge is -2.15. The smallest absolute Gasteiger partial charge is 0.250 e. The van der Waals surface area contributed by atoms with Gasteiger partial charge in [-0.3, -0.25) is 9.59 Å². The molecule has 0 fully saturated rings. The van der Waals surface area contributed by atoms with Crippen LogP contribution in [0, 0.1) is 11.6 Å². The molecule has 2 amide bonds. The van der Waals surface area contributed by atoms with Crippen molar-refractivity contribution in [2.45, 2.75) is 6.92 Å². The van der Waals surface area contributed by atoms with Crippen LogP contribution in [0.15, 0.2) is 48.5 Å². The Kier molecular flexibility index (Phi) is 5.42. The Hall–Kier alpha value is -3.02. The number of amides is 2. The number of anilines is 2. The molecular formula is C18H16F2N2O2. The van der Waals surface area contributed by atoms with Crippen LogP contribution >= 0.6 is 0 Å². The molecule has 4 nitrogen and oxygen atoms in total. The summed E-state index contributed by atoms with van der Waals surface area (Å²) in [5, 5.41) is 2.64. The number of hydrogen-bond donors (Lipinski definition) is 1. The van der Waals surface area contributed by atoms with Crippen LogP contribution in [-0.4, -0.2) is 18.9 Å². The predicted octanol–water partition coefficient (Wildman–Crippen LogP) is 3.60. The fourth-order valence-electron chi connectivity index (χ4n) is 1.98. The van der Waals surface area contributed by atoms with Gasteiger partial charge in [0.1, 0.15) is 0 Å². The lowest BCUT2D eigenvalue weighted by molar-refractivity contribution is -0.114. The molecule has 2 rings (SSSR count).